The van der Waals surface area contributed by atoms with Gasteiger partial charge in [0.15, 0.2) is 0 Å². The summed E-state index contributed by atoms with van der Waals surface area (Å²) in [6.45, 7) is 0.623. The lowest BCUT2D eigenvalue weighted by Crippen LogP contribution is -2.41. The highest BCUT2D eigenvalue weighted by Crippen LogP contribution is 2.40. The zero-order chi connectivity index (χ0) is 20.3. The number of hydrogen-bond acceptors (Lipinski definition) is 2. The smallest absolute Gasteiger partial charge is 0.136 e. The van der Waals surface area contributed by atoms with Crippen molar-refractivity contribution in [3.63, 3.8) is 0 Å². The van der Waals surface area contributed by atoms with Gasteiger partial charge in [-0.1, -0.05) is 60.7 Å². The van der Waals surface area contributed by atoms with E-state index in [1.807, 2.05) is 24.3 Å². The first-order valence-electron chi connectivity index (χ1n) is 9.77. The lowest BCUT2D eigenvalue weighted by Gasteiger charge is -2.37. The van der Waals surface area contributed by atoms with Gasteiger partial charge < -0.3 is 10.4 Å². The summed E-state index contributed by atoms with van der Waals surface area (Å²) >= 11 is 0. The number of halogens is 2. The van der Waals surface area contributed by atoms with Crippen molar-refractivity contribution in [2.45, 2.75) is 24.5 Å². The van der Waals surface area contributed by atoms with Crippen LogP contribution in [0.25, 0.3) is 0 Å². The number of hydrogen-bond donors (Lipinski definition) is 2. The van der Waals surface area contributed by atoms with E-state index < -0.39 is 5.60 Å². The van der Waals surface area contributed by atoms with Gasteiger partial charge in [0.2, 0.25) is 0 Å². The fourth-order valence-corrected chi connectivity index (χ4v) is 4.03. The van der Waals surface area contributed by atoms with Gasteiger partial charge in [0.1, 0.15) is 17.2 Å². The molecule has 0 spiro atoms. The molecule has 2 nitrogen and oxygen atoms in total. The Bertz CT molecular complexity index is 936. The fourth-order valence-electron chi connectivity index (χ4n) is 4.03. The highest BCUT2D eigenvalue weighted by Gasteiger charge is 2.37. The van der Waals surface area contributed by atoms with Crippen molar-refractivity contribution < 1.29 is 13.9 Å². The summed E-state index contributed by atoms with van der Waals surface area (Å²) in [6.07, 6.45) is 3.44. The Hall–Kier alpha value is -2.82. The van der Waals surface area contributed by atoms with Crippen LogP contribution in [0.5, 0.6) is 0 Å². The maximum Gasteiger partial charge on any atom is 0.136 e. The first-order chi connectivity index (χ1) is 14.1. The van der Waals surface area contributed by atoms with Crippen LogP contribution >= 0.6 is 0 Å². The normalized spacial score (nSPS) is 17.1. The number of rotatable bonds is 5. The lowest BCUT2D eigenvalue weighted by molar-refractivity contribution is 0.112. The molecule has 1 aliphatic rings. The van der Waals surface area contributed by atoms with Crippen molar-refractivity contribution in [3.8, 4) is 0 Å². The molecule has 0 radical (unpaired) electrons. The SMILES string of the molecule is OC(C1=CCNC(Cc2ccccc2)C1)(c1ccc(F)cc1)c1ccc(F)cc1. The summed E-state index contributed by atoms with van der Waals surface area (Å²) < 4.78 is 27.0. The molecule has 4 heteroatoms. The Morgan fingerprint density at radius 2 is 1.38 bits per heavy atom. The second-order valence-electron chi connectivity index (χ2n) is 7.45. The third-order valence-corrected chi connectivity index (χ3v) is 5.53. The first-order valence-corrected chi connectivity index (χ1v) is 9.77. The fraction of sp³-hybridized carbons (Fsp3) is 0.200. The third-order valence-electron chi connectivity index (χ3n) is 5.53. The average Bonchev–Trinajstić information content (AvgIpc) is 2.75. The van der Waals surface area contributed by atoms with E-state index in [2.05, 4.69) is 17.4 Å². The molecule has 0 saturated carbocycles. The molecule has 29 heavy (non-hydrogen) atoms. The Balaban J connectivity index is 1.70. The second-order valence-corrected chi connectivity index (χ2v) is 7.45. The molecule has 1 heterocycles. The molecule has 1 unspecified atom stereocenters. The molecule has 3 aromatic rings. The number of aliphatic hydroxyl groups is 1. The summed E-state index contributed by atoms with van der Waals surface area (Å²) in [6, 6.07) is 22.1. The Kier molecular flexibility index (Phi) is 5.56. The highest BCUT2D eigenvalue weighted by atomic mass is 19.1. The maximum absolute atomic E-state index is 13.5. The second kappa shape index (κ2) is 8.27. The van der Waals surface area contributed by atoms with Crippen LogP contribution in [0.3, 0.4) is 0 Å². The van der Waals surface area contributed by atoms with Crippen molar-refractivity contribution >= 4 is 0 Å². The standard InChI is InChI=1S/C25H23F2NO/c26-22-10-6-19(7-11-22)25(29,20-8-12-23(27)13-9-20)21-14-15-28-24(17-21)16-18-4-2-1-3-5-18/h1-14,24,28-29H,15-17H2. The van der Waals surface area contributed by atoms with Gasteiger partial charge in [0.05, 0.1) is 0 Å². The topological polar surface area (TPSA) is 32.3 Å². The molecule has 0 aliphatic carbocycles. The van der Waals surface area contributed by atoms with Crippen LogP contribution in [0, 0.1) is 11.6 Å². The molecule has 2 N–H and O–H groups in total. The minimum Gasteiger partial charge on any atom is -0.376 e. The molecule has 0 saturated heterocycles. The van der Waals surface area contributed by atoms with E-state index in [-0.39, 0.29) is 17.7 Å². The van der Waals surface area contributed by atoms with E-state index >= 15 is 0 Å². The molecular formula is C25H23F2NO. The van der Waals surface area contributed by atoms with Crippen molar-refractivity contribution in [2.75, 3.05) is 6.54 Å². The van der Waals surface area contributed by atoms with Crippen molar-refractivity contribution in [3.05, 3.63) is 119 Å². The van der Waals surface area contributed by atoms with Crippen LogP contribution in [-0.2, 0) is 12.0 Å². The third kappa shape index (κ3) is 4.14. The molecule has 148 valence electrons. The largest absolute Gasteiger partial charge is 0.376 e. The summed E-state index contributed by atoms with van der Waals surface area (Å²) in [5.74, 6) is -0.729. The van der Waals surface area contributed by atoms with Gasteiger partial charge in [-0.15, -0.1) is 0 Å². The summed E-state index contributed by atoms with van der Waals surface area (Å²) in [4.78, 5) is 0. The maximum atomic E-state index is 13.5. The van der Waals surface area contributed by atoms with Crippen molar-refractivity contribution in [1.29, 1.82) is 0 Å². The van der Waals surface area contributed by atoms with Crippen molar-refractivity contribution in [2.24, 2.45) is 0 Å². The summed E-state index contributed by atoms with van der Waals surface area (Å²) in [5, 5.41) is 15.4. The zero-order valence-corrected chi connectivity index (χ0v) is 16.0. The molecule has 0 bridgehead atoms. The van der Waals surface area contributed by atoms with Gasteiger partial charge in [0, 0.05) is 12.6 Å². The van der Waals surface area contributed by atoms with Crippen LogP contribution in [0.15, 0.2) is 90.5 Å². The minimum atomic E-state index is -1.45. The van der Waals surface area contributed by atoms with E-state index in [1.165, 1.54) is 29.8 Å². The number of nitrogens with one attached hydrogen (secondary N) is 1. The van der Waals surface area contributed by atoms with Crippen molar-refractivity contribution in [1.82, 2.24) is 5.32 Å². The first kappa shape index (κ1) is 19.5. The molecule has 0 fully saturated rings. The minimum absolute atomic E-state index is 0.157. The van der Waals surface area contributed by atoms with E-state index in [9.17, 15) is 13.9 Å². The van der Waals surface area contributed by atoms with Gasteiger partial charge in [-0.2, -0.15) is 0 Å². The monoisotopic (exact) mass is 391 g/mol. The molecule has 4 rings (SSSR count). The van der Waals surface area contributed by atoms with Gasteiger partial charge in [-0.05, 0) is 59.4 Å². The van der Waals surface area contributed by atoms with Gasteiger partial charge >= 0.3 is 0 Å². The predicted molar refractivity (Wildman–Crippen MR) is 110 cm³/mol. The Morgan fingerprint density at radius 3 is 1.93 bits per heavy atom. The summed E-state index contributed by atoms with van der Waals surface area (Å²) in [7, 11) is 0. The average molecular weight is 391 g/mol. The predicted octanol–water partition coefficient (Wildman–Crippen LogP) is 4.73. The van der Waals surface area contributed by atoms with E-state index in [4.69, 9.17) is 0 Å². The van der Waals surface area contributed by atoms with Crippen LogP contribution in [0.4, 0.5) is 8.78 Å². The van der Waals surface area contributed by atoms with Crippen LogP contribution in [0.1, 0.15) is 23.1 Å². The molecule has 0 aromatic heterocycles. The molecule has 1 aliphatic heterocycles. The van der Waals surface area contributed by atoms with Crippen LogP contribution in [-0.4, -0.2) is 17.7 Å². The quantitative estimate of drug-likeness (QED) is 0.616. The molecule has 3 aromatic carbocycles. The lowest BCUT2D eigenvalue weighted by atomic mass is 9.76. The Labute approximate surface area is 169 Å². The van der Waals surface area contributed by atoms with Gasteiger partial charge in [-0.25, -0.2) is 8.78 Å². The molecule has 0 amide bonds. The number of benzene rings is 3. The van der Waals surface area contributed by atoms with Crippen LogP contribution < -0.4 is 5.32 Å². The molecule has 1 atom stereocenters. The van der Waals surface area contributed by atoms with Crippen LogP contribution in [0.2, 0.25) is 0 Å². The zero-order valence-electron chi connectivity index (χ0n) is 16.0. The molecular weight excluding hydrogens is 368 g/mol. The van der Waals surface area contributed by atoms with E-state index in [0.29, 0.717) is 24.1 Å². The van der Waals surface area contributed by atoms with Gasteiger partial charge in [-0.3, -0.25) is 0 Å². The van der Waals surface area contributed by atoms with Gasteiger partial charge in [0.25, 0.3) is 0 Å². The van der Waals surface area contributed by atoms with E-state index in [1.54, 1.807) is 24.3 Å². The Morgan fingerprint density at radius 1 is 0.828 bits per heavy atom. The highest BCUT2D eigenvalue weighted by molar-refractivity contribution is 5.46. The summed E-state index contributed by atoms with van der Waals surface area (Å²) in [5.41, 5.74) is 1.74. The van der Waals surface area contributed by atoms with E-state index in [0.717, 1.165) is 12.0 Å².